The number of carbonyl (C=O) groups excluding carboxylic acids is 1. The molecule has 2 N–H and O–H groups in total. The van der Waals surface area contributed by atoms with E-state index in [4.69, 9.17) is 0 Å². The quantitative estimate of drug-likeness (QED) is 0.865. The molecule has 1 aliphatic heterocycles. The molecule has 1 fully saturated rings. The van der Waals surface area contributed by atoms with Crippen LogP contribution >= 0.6 is 0 Å². The van der Waals surface area contributed by atoms with Gasteiger partial charge in [0.25, 0.3) is 0 Å². The molecule has 0 saturated carbocycles. The van der Waals surface area contributed by atoms with Crippen LogP contribution in [0.1, 0.15) is 36.9 Å². The predicted molar refractivity (Wildman–Crippen MR) is 77.5 cm³/mol. The van der Waals surface area contributed by atoms with E-state index in [1.165, 1.54) is 11.1 Å². The maximum Gasteiger partial charge on any atom is 0.227 e. The van der Waals surface area contributed by atoms with Gasteiger partial charge in [-0.2, -0.15) is 0 Å². The Kier molecular flexibility index (Phi) is 3.21. The van der Waals surface area contributed by atoms with Crippen LogP contribution in [0.3, 0.4) is 0 Å². The minimum Gasteiger partial charge on any atom is -0.508 e. The van der Waals surface area contributed by atoms with Crippen molar-refractivity contribution in [2.45, 2.75) is 32.2 Å². The fourth-order valence-electron chi connectivity index (χ4n) is 3.71. The van der Waals surface area contributed by atoms with Crippen molar-refractivity contribution < 1.29 is 9.90 Å². The highest BCUT2D eigenvalue weighted by molar-refractivity contribution is 5.82. The summed E-state index contributed by atoms with van der Waals surface area (Å²) in [5, 5.41) is 12.4. The molecule has 4 heteroatoms. The zero-order chi connectivity index (χ0) is 14.3. The zero-order valence-electron chi connectivity index (χ0n) is 12.1. The van der Waals surface area contributed by atoms with E-state index in [2.05, 4.69) is 17.1 Å². The highest BCUT2D eigenvalue weighted by Gasteiger charge is 2.43. The number of hydrogen-bond acceptors (Lipinski definition) is 3. The zero-order valence-corrected chi connectivity index (χ0v) is 12.1. The molecular formula is C16H22N2O2. The van der Waals surface area contributed by atoms with Gasteiger partial charge in [0.2, 0.25) is 5.91 Å². The Labute approximate surface area is 119 Å². The van der Waals surface area contributed by atoms with Gasteiger partial charge in [0.15, 0.2) is 0 Å². The molecule has 108 valence electrons. The summed E-state index contributed by atoms with van der Waals surface area (Å²) in [4.78, 5) is 14.4. The lowest BCUT2D eigenvalue weighted by Gasteiger charge is -2.27. The maximum absolute atomic E-state index is 12.0. The van der Waals surface area contributed by atoms with Crippen LogP contribution in [0.15, 0.2) is 18.2 Å². The first kappa shape index (κ1) is 13.4. The highest BCUT2D eigenvalue weighted by Crippen LogP contribution is 2.42. The number of hydrogen-bond donors (Lipinski definition) is 2. The number of likely N-dealkylation sites (tertiary alicyclic amines) is 1. The van der Waals surface area contributed by atoms with E-state index in [0.29, 0.717) is 11.8 Å². The number of phenols is 1. The summed E-state index contributed by atoms with van der Waals surface area (Å²) in [6.45, 7) is 3.84. The molecule has 4 nitrogen and oxygen atoms in total. The number of amides is 1. The first-order chi connectivity index (χ1) is 9.53. The molecule has 0 spiro atoms. The number of nitrogens with zero attached hydrogens (tertiary/aromatic N) is 1. The van der Waals surface area contributed by atoms with Crippen molar-refractivity contribution in [2.24, 2.45) is 5.41 Å². The van der Waals surface area contributed by atoms with Crippen LogP contribution in [0.2, 0.25) is 0 Å². The summed E-state index contributed by atoms with van der Waals surface area (Å²) < 4.78 is 0. The number of aryl methyl sites for hydroxylation is 1. The first-order valence-electron chi connectivity index (χ1n) is 7.31. The Balaban J connectivity index is 1.79. The van der Waals surface area contributed by atoms with Crippen molar-refractivity contribution in [2.75, 3.05) is 20.1 Å². The van der Waals surface area contributed by atoms with Gasteiger partial charge in [0.1, 0.15) is 5.75 Å². The fraction of sp³-hybridized carbons (Fsp3) is 0.562. The van der Waals surface area contributed by atoms with E-state index in [1.54, 1.807) is 13.1 Å². The van der Waals surface area contributed by atoms with Crippen LogP contribution in [0.4, 0.5) is 0 Å². The van der Waals surface area contributed by atoms with E-state index in [1.807, 2.05) is 12.1 Å². The Morgan fingerprint density at radius 2 is 2.30 bits per heavy atom. The summed E-state index contributed by atoms with van der Waals surface area (Å²) in [6, 6.07) is 6.09. The molecule has 1 aromatic rings. The third-order valence-electron chi connectivity index (χ3n) is 4.89. The second-order valence-corrected chi connectivity index (χ2v) is 6.30. The fourth-order valence-corrected chi connectivity index (χ4v) is 3.71. The lowest BCUT2D eigenvalue weighted by Crippen LogP contribution is -2.39. The molecule has 1 heterocycles. The summed E-state index contributed by atoms with van der Waals surface area (Å²) in [5.74, 6) is 0.491. The average molecular weight is 274 g/mol. The van der Waals surface area contributed by atoms with Gasteiger partial charge in [-0.1, -0.05) is 6.07 Å². The Bertz CT molecular complexity index is 543. The van der Waals surface area contributed by atoms with Crippen molar-refractivity contribution in [1.29, 1.82) is 0 Å². The molecular weight excluding hydrogens is 252 g/mol. The van der Waals surface area contributed by atoms with Crippen molar-refractivity contribution in [1.82, 2.24) is 10.2 Å². The molecule has 1 amide bonds. The van der Waals surface area contributed by atoms with Crippen LogP contribution in [-0.4, -0.2) is 36.1 Å². The average Bonchev–Trinajstić information content (AvgIpc) is 3.01. The number of benzene rings is 1. The molecule has 3 rings (SSSR count). The Morgan fingerprint density at radius 1 is 1.50 bits per heavy atom. The SMILES string of the molecule is CNC(=O)C1(C)CCN(C2CCc3cc(O)ccc32)C1. The van der Waals surface area contributed by atoms with E-state index < -0.39 is 0 Å². The van der Waals surface area contributed by atoms with E-state index in [9.17, 15) is 9.90 Å². The molecule has 1 aromatic carbocycles. The smallest absolute Gasteiger partial charge is 0.227 e. The molecule has 0 bridgehead atoms. The summed E-state index contributed by atoms with van der Waals surface area (Å²) >= 11 is 0. The van der Waals surface area contributed by atoms with E-state index in [-0.39, 0.29) is 11.3 Å². The number of phenolic OH excluding ortho intramolecular Hbond substituents is 1. The summed E-state index contributed by atoms with van der Waals surface area (Å²) in [7, 11) is 1.71. The number of carbonyl (C=O) groups is 1. The molecule has 2 unspecified atom stereocenters. The lowest BCUT2D eigenvalue weighted by molar-refractivity contribution is -0.129. The largest absolute Gasteiger partial charge is 0.508 e. The monoisotopic (exact) mass is 274 g/mol. The van der Waals surface area contributed by atoms with Crippen LogP contribution in [0.25, 0.3) is 0 Å². The van der Waals surface area contributed by atoms with Gasteiger partial charge in [-0.3, -0.25) is 9.69 Å². The molecule has 1 saturated heterocycles. The minimum absolute atomic E-state index is 0.143. The minimum atomic E-state index is -0.269. The summed E-state index contributed by atoms with van der Waals surface area (Å²) in [6.07, 6.45) is 3.01. The molecule has 2 aliphatic rings. The van der Waals surface area contributed by atoms with Gasteiger partial charge in [0, 0.05) is 19.6 Å². The number of fused-ring (bicyclic) bond motifs is 1. The molecule has 1 aliphatic carbocycles. The van der Waals surface area contributed by atoms with Gasteiger partial charge in [-0.15, -0.1) is 0 Å². The van der Waals surface area contributed by atoms with Crippen molar-refractivity contribution in [3.63, 3.8) is 0 Å². The number of rotatable bonds is 2. The third kappa shape index (κ3) is 2.08. The number of nitrogens with one attached hydrogen (secondary N) is 1. The van der Waals surface area contributed by atoms with Gasteiger partial charge in [-0.25, -0.2) is 0 Å². The second kappa shape index (κ2) is 4.77. The van der Waals surface area contributed by atoms with Crippen LogP contribution in [0, 0.1) is 5.41 Å². The third-order valence-corrected chi connectivity index (χ3v) is 4.89. The molecule has 0 radical (unpaired) electrons. The van der Waals surface area contributed by atoms with Crippen LogP contribution in [0.5, 0.6) is 5.75 Å². The van der Waals surface area contributed by atoms with Crippen molar-refractivity contribution in [3.8, 4) is 5.75 Å². The predicted octanol–water partition coefficient (Wildman–Crippen LogP) is 1.84. The molecule has 20 heavy (non-hydrogen) atoms. The van der Waals surface area contributed by atoms with Gasteiger partial charge < -0.3 is 10.4 Å². The van der Waals surface area contributed by atoms with Gasteiger partial charge >= 0.3 is 0 Å². The molecule has 2 atom stereocenters. The van der Waals surface area contributed by atoms with Gasteiger partial charge in [0.05, 0.1) is 5.41 Å². The topological polar surface area (TPSA) is 52.6 Å². The van der Waals surface area contributed by atoms with E-state index >= 15 is 0 Å². The maximum atomic E-state index is 12.0. The standard InChI is InChI=1S/C16H22N2O2/c1-16(15(20)17-2)7-8-18(10-16)14-6-3-11-9-12(19)4-5-13(11)14/h4-5,9,14,19H,3,6-8,10H2,1-2H3,(H,17,20). The normalized spacial score (nSPS) is 29.4. The highest BCUT2D eigenvalue weighted by atomic mass is 16.3. The van der Waals surface area contributed by atoms with Crippen molar-refractivity contribution in [3.05, 3.63) is 29.3 Å². The van der Waals surface area contributed by atoms with Crippen LogP contribution < -0.4 is 5.32 Å². The van der Waals surface area contributed by atoms with E-state index in [0.717, 1.165) is 32.4 Å². The first-order valence-corrected chi connectivity index (χ1v) is 7.31. The lowest BCUT2D eigenvalue weighted by atomic mass is 9.89. The Hall–Kier alpha value is -1.55. The van der Waals surface area contributed by atoms with Crippen molar-refractivity contribution >= 4 is 5.91 Å². The Morgan fingerprint density at radius 3 is 3.05 bits per heavy atom. The van der Waals surface area contributed by atoms with Crippen LogP contribution in [-0.2, 0) is 11.2 Å². The molecule has 0 aromatic heterocycles. The summed E-state index contributed by atoms with van der Waals surface area (Å²) in [5.41, 5.74) is 2.31. The second-order valence-electron chi connectivity index (χ2n) is 6.30. The number of aromatic hydroxyl groups is 1. The van der Waals surface area contributed by atoms with Gasteiger partial charge in [-0.05, 0) is 56.0 Å².